The van der Waals surface area contributed by atoms with Crippen molar-refractivity contribution < 1.29 is 18.0 Å². The van der Waals surface area contributed by atoms with Gasteiger partial charge in [0.2, 0.25) is 5.91 Å². The van der Waals surface area contributed by atoms with E-state index in [4.69, 9.17) is 0 Å². The lowest BCUT2D eigenvalue weighted by atomic mass is 9.69. The summed E-state index contributed by atoms with van der Waals surface area (Å²) in [5.74, 6) is 1.38. The number of hydrogen-bond acceptors (Lipinski definition) is 2. The maximum Gasteiger partial charge on any atom is 0.405 e. The summed E-state index contributed by atoms with van der Waals surface area (Å²) in [6.07, 6.45) is 4.27. The molecule has 0 aromatic carbocycles. The van der Waals surface area contributed by atoms with Gasteiger partial charge in [0, 0.05) is 13.1 Å². The molecular weight excluding hydrogens is 448 g/mol. The molecule has 0 bridgehead atoms. The van der Waals surface area contributed by atoms with Gasteiger partial charge in [0.25, 0.3) is 0 Å². The molecule has 1 amide bonds. The van der Waals surface area contributed by atoms with E-state index >= 15 is 0 Å². The molecule has 2 rings (SSSR count). The number of amides is 1. The Hall–Kier alpha value is -0.740. The summed E-state index contributed by atoms with van der Waals surface area (Å²) < 4.78 is 36.2. The van der Waals surface area contributed by atoms with E-state index in [2.05, 4.69) is 15.6 Å². The molecule has 0 aromatic rings. The Bertz CT molecular complexity index is 459. The van der Waals surface area contributed by atoms with Gasteiger partial charge in [-0.15, -0.1) is 24.0 Å². The van der Waals surface area contributed by atoms with Gasteiger partial charge in [0.05, 0.1) is 6.54 Å². The van der Waals surface area contributed by atoms with Gasteiger partial charge in [-0.3, -0.25) is 9.79 Å². The highest BCUT2D eigenvalue weighted by Gasteiger charge is 2.32. The van der Waals surface area contributed by atoms with Crippen molar-refractivity contribution in [3.05, 3.63) is 0 Å². The lowest BCUT2D eigenvalue weighted by Crippen LogP contribution is -2.49. The molecule has 0 aromatic heterocycles. The van der Waals surface area contributed by atoms with Gasteiger partial charge in [0.15, 0.2) is 5.96 Å². The molecule has 25 heavy (non-hydrogen) atoms. The number of fused-ring (bicyclic) bond motifs is 1. The number of alkyl halides is 3. The minimum atomic E-state index is -4.39. The normalized spacial score (nSPS) is 26.9. The topological polar surface area (TPSA) is 65.5 Å². The van der Waals surface area contributed by atoms with Crippen LogP contribution in [0, 0.1) is 11.8 Å². The number of nitrogens with zero attached hydrogens (tertiary/aromatic N) is 1. The standard InChI is InChI=1S/C16H27F3N4O.HI/c1-20-15(21-9-14(24)22-10-16(17,18)19)23-13-7-6-11-4-2-3-5-12(11)8-13;/h11-13H,2-10H2,1H3,(H,22,24)(H2,20,21,23);1H. The minimum Gasteiger partial charge on any atom is -0.354 e. The van der Waals surface area contributed by atoms with Crippen molar-refractivity contribution in [2.45, 2.75) is 57.2 Å². The second-order valence-corrected chi connectivity index (χ2v) is 6.78. The van der Waals surface area contributed by atoms with Crippen LogP contribution >= 0.6 is 24.0 Å². The van der Waals surface area contributed by atoms with E-state index in [1.54, 1.807) is 7.05 Å². The van der Waals surface area contributed by atoms with Crippen LogP contribution in [0.4, 0.5) is 13.2 Å². The monoisotopic (exact) mass is 476 g/mol. The van der Waals surface area contributed by atoms with Crippen LogP contribution in [0.3, 0.4) is 0 Å². The smallest absolute Gasteiger partial charge is 0.354 e. The molecule has 0 spiro atoms. The number of halogens is 4. The molecular formula is C16H28F3IN4O. The lowest BCUT2D eigenvalue weighted by molar-refractivity contribution is -0.137. The predicted molar refractivity (Wildman–Crippen MR) is 102 cm³/mol. The van der Waals surface area contributed by atoms with Crippen LogP contribution < -0.4 is 16.0 Å². The highest BCUT2D eigenvalue weighted by molar-refractivity contribution is 14.0. The zero-order valence-corrected chi connectivity index (χ0v) is 16.8. The van der Waals surface area contributed by atoms with Crippen LogP contribution in [0.5, 0.6) is 0 Å². The number of carbonyl (C=O) groups excluding carboxylic acids is 1. The van der Waals surface area contributed by atoms with Gasteiger partial charge in [-0.05, 0) is 31.1 Å². The summed E-state index contributed by atoms with van der Waals surface area (Å²) in [7, 11) is 1.59. The third-order valence-corrected chi connectivity index (χ3v) is 5.01. The zero-order valence-electron chi connectivity index (χ0n) is 14.5. The quantitative estimate of drug-likeness (QED) is 0.332. The average Bonchev–Trinajstić information content (AvgIpc) is 2.56. The fourth-order valence-electron chi connectivity index (χ4n) is 3.82. The van der Waals surface area contributed by atoms with Crippen LogP contribution in [-0.2, 0) is 4.79 Å². The molecule has 2 fully saturated rings. The third-order valence-electron chi connectivity index (χ3n) is 5.01. The van der Waals surface area contributed by atoms with Crippen molar-refractivity contribution in [3.63, 3.8) is 0 Å². The molecule has 9 heteroatoms. The van der Waals surface area contributed by atoms with Crippen LogP contribution in [0.25, 0.3) is 0 Å². The molecule has 0 aliphatic heterocycles. The van der Waals surface area contributed by atoms with E-state index in [1.165, 1.54) is 32.1 Å². The van der Waals surface area contributed by atoms with Crippen LogP contribution in [0.1, 0.15) is 44.9 Å². The number of nitrogens with one attached hydrogen (secondary N) is 3. The van der Waals surface area contributed by atoms with Crippen molar-refractivity contribution in [2.75, 3.05) is 20.1 Å². The van der Waals surface area contributed by atoms with Gasteiger partial charge >= 0.3 is 6.18 Å². The Labute approximate surface area is 164 Å². The predicted octanol–water partition coefficient (Wildman–Crippen LogP) is 2.81. The molecule has 2 saturated carbocycles. The van der Waals surface area contributed by atoms with E-state index in [0.29, 0.717) is 12.0 Å². The van der Waals surface area contributed by atoms with Crippen molar-refractivity contribution in [1.82, 2.24) is 16.0 Å². The van der Waals surface area contributed by atoms with Gasteiger partial charge in [0.1, 0.15) is 6.54 Å². The SMILES string of the molecule is CN=C(NCC(=O)NCC(F)(F)F)NC1CCC2CCCCC2C1.I. The first-order valence-electron chi connectivity index (χ1n) is 8.68. The molecule has 2 aliphatic rings. The zero-order chi connectivity index (χ0) is 17.6. The van der Waals surface area contributed by atoms with Crippen LogP contribution in [0.2, 0.25) is 0 Å². The van der Waals surface area contributed by atoms with Crippen molar-refractivity contribution >= 4 is 35.8 Å². The first kappa shape index (κ1) is 22.3. The summed E-state index contributed by atoms with van der Waals surface area (Å²) in [6.45, 7) is -1.54. The molecule has 2 aliphatic carbocycles. The summed E-state index contributed by atoms with van der Waals surface area (Å²) >= 11 is 0. The Kier molecular flexibility index (Phi) is 9.29. The number of rotatable bonds is 4. The molecule has 5 nitrogen and oxygen atoms in total. The third kappa shape index (κ3) is 8.00. The van der Waals surface area contributed by atoms with Gasteiger partial charge in [-0.2, -0.15) is 13.2 Å². The molecule has 0 radical (unpaired) electrons. The van der Waals surface area contributed by atoms with Crippen LogP contribution in [-0.4, -0.2) is 44.2 Å². The number of guanidine groups is 1. The first-order chi connectivity index (χ1) is 11.4. The van der Waals surface area contributed by atoms with E-state index in [0.717, 1.165) is 24.7 Å². The highest BCUT2D eigenvalue weighted by atomic mass is 127. The van der Waals surface area contributed by atoms with Gasteiger partial charge in [-0.1, -0.05) is 25.7 Å². The van der Waals surface area contributed by atoms with Crippen molar-refractivity contribution in [2.24, 2.45) is 16.8 Å². The molecule has 146 valence electrons. The van der Waals surface area contributed by atoms with E-state index < -0.39 is 18.6 Å². The van der Waals surface area contributed by atoms with Crippen LogP contribution in [0.15, 0.2) is 4.99 Å². The fraction of sp³-hybridized carbons (Fsp3) is 0.875. The number of carbonyl (C=O) groups is 1. The Morgan fingerprint density at radius 2 is 1.76 bits per heavy atom. The molecule has 0 heterocycles. The van der Waals surface area contributed by atoms with E-state index in [9.17, 15) is 18.0 Å². The lowest BCUT2D eigenvalue weighted by Gasteiger charge is -2.39. The first-order valence-corrected chi connectivity index (χ1v) is 8.68. The Morgan fingerprint density at radius 1 is 1.08 bits per heavy atom. The van der Waals surface area contributed by atoms with Crippen molar-refractivity contribution in [3.8, 4) is 0 Å². The summed E-state index contributed by atoms with van der Waals surface area (Å²) in [6, 6.07) is 0.314. The number of hydrogen-bond donors (Lipinski definition) is 3. The van der Waals surface area contributed by atoms with Gasteiger partial charge < -0.3 is 16.0 Å². The summed E-state index contributed by atoms with van der Waals surface area (Å²) in [4.78, 5) is 15.5. The highest BCUT2D eigenvalue weighted by Crippen LogP contribution is 2.40. The average molecular weight is 476 g/mol. The second-order valence-electron chi connectivity index (χ2n) is 6.78. The number of aliphatic imine (C=N–C) groups is 1. The molecule has 3 unspecified atom stereocenters. The second kappa shape index (κ2) is 10.4. The fourth-order valence-corrected chi connectivity index (χ4v) is 3.82. The van der Waals surface area contributed by atoms with E-state index in [-0.39, 0.29) is 30.5 Å². The van der Waals surface area contributed by atoms with E-state index in [1.807, 2.05) is 5.32 Å². The Morgan fingerprint density at radius 3 is 2.40 bits per heavy atom. The summed E-state index contributed by atoms with van der Waals surface area (Å²) in [5, 5.41) is 7.92. The molecule has 3 N–H and O–H groups in total. The largest absolute Gasteiger partial charge is 0.405 e. The minimum absolute atomic E-state index is 0. The summed E-state index contributed by atoms with van der Waals surface area (Å²) in [5.41, 5.74) is 0. The maximum atomic E-state index is 12.1. The van der Waals surface area contributed by atoms with Crippen molar-refractivity contribution in [1.29, 1.82) is 0 Å². The molecule has 3 atom stereocenters. The Balaban J connectivity index is 0.00000312. The van der Waals surface area contributed by atoms with Gasteiger partial charge in [-0.25, -0.2) is 0 Å². The molecule has 0 saturated heterocycles. The maximum absolute atomic E-state index is 12.1.